The summed E-state index contributed by atoms with van der Waals surface area (Å²) in [5, 5.41) is 8.23. The molecule has 1 heterocycles. The number of hydrogen-bond acceptors (Lipinski definition) is 4. The maximum Gasteiger partial charge on any atom is 0.322 e. The summed E-state index contributed by atoms with van der Waals surface area (Å²) in [6, 6.07) is 1.83. The van der Waals surface area contributed by atoms with Crippen LogP contribution in [-0.4, -0.2) is 41.7 Å². The zero-order valence-corrected chi connectivity index (χ0v) is 13.1. The molecule has 0 aliphatic heterocycles. The predicted octanol–water partition coefficient (Wildman–Crippen LogP) is 1.57. The van der Waals surface area contributed by atoms with Crippen molar-refractivity contribution in [2.75, 3.05) is 0 Å². The minimum absolute atomic E-state index is 0.0417. The maximum atomic E-state index is 13.1. The van der Waals surface area contributed by atoms with Crippen LogP contribution in [0.5, 0.6) is 0 Å². The molecule has 1 aromatic heterocycles. The van der Waals surface area contributed by atoms with Crippen LogP contribution in [0.2, 0.25) is 0 Å². The zero-order chi connectivity index (χ0) is 17.1. The summed E-state index contributed by atoms with van der Waals surface area (Å²) in [5.74, 6) is -4.15. The Bertz CT molecular complexity index is 642. The molecule has 0 spiro atoms. The van der Waals surface area contributed by atoms with Gasteiger partial charge in [0.05, 0.1) is 5.25 Å². The molecular formula is C14H18F2N2O4S. The minimum Gasteiger partial charge on any atom is -0.480 e. The van der Waals surface area contributed by atoms with Crippen LogP contribution in [0.1, 0.15) is 31.2 Å². The van der Waals surface area contributed by atoms with Crippen molar-refractivity contribution in [3.05, 3.63) is 30.1 Å². The first-order valence-electron chi connectivity index (χ1n) is 7.20. The van der Waals surface area contributed by atoms with Crippen molar-refractivity contribution >= 4 is 16.0 Å². The zero-order valence-electron chi connectivity index (χ0n) is 12.3. The Morgan fingerprint density at radius 3 is 2.43 bits per heavy atom. The highest BCUT2D eigenvalue weighted by molar-refractivity contribution is 7.90. The van der Waals surface area contributed by atoms with Gasteiger partial charge >= 0.3 is 5.97 Å². The Labute approximate surface area is 133 Å². The lowest BCUT2D eigenvalue weighted by atomic mass is 9.96. The Morgan fingerprint density at radius 1 is 1.35 bits per heavy atom. The van der Waals surface area contributed by atoms with Crippen LogP contribution in [-0.2, 0) is 21.2 Å². The topological polar surface area (TPSA) is 96.4 Å². The number of rotatable bonds is 6. The van der Waals surface area contributed by atoms with Gasteiger partial charge < -0.3 is 5.11 Å². The van der Waals surface area contributed by atoms with Gasteiger partial charge in [-0.2, -0.15) is 0 Å². The van der Waals surface area contributed by atoms with Crippen LogP contribution >= 0.6 is 0 Å². The third-order valence-corrected chi connectivity index (χ3v) is 5.86. The number of carbonyl (C=O) groups is 1. The van der Waals surface area contributed by atoms with E-state index < -0.39 is 46.0 Å². The van der Waals surface area contributed by atoms with Gasteiger partial charge in [-0.15, -0.1) is 0 Å². The molecule has 23 heavy (non-hydrogen) atoms. The van der Waals surface area contributed by atoms with Crippen LogP contribution < -0.4 is 4.72 Å². The number of carboxylic acid groups (broad SMARTS) is 1. The lowest BCUT2D eigenvalue weighted by Gasteiger charge is -2.29. The molecule has 1 atom stereocenters. The van der Waals surface area contributed by atoms with Crippen molar-refractivity contribution < 1.29 is 27.1 Å². The summed E-state index contributed by atoms with van der Waals surface area (Å²) in [7, 11) is -3.98. The Morgan fingerprint density at radius 2 is 1.91 bits per heavy atom. The number of nitrogens with zero attached hydrogens (tertiary/aromatic N) is 1. The predicted molar refractivity (Wildman–Crippen MR) is 78.6 cm³/mol. The van der Waals surface area contributed by atoms with E-state index in [0.717, 1.165) is 0 Å². The Balaban J connectivity index is 2.05. The fraction of sp³-hybridized carbons (Fsp3) is 0.571. The molecule has 2 rings (SSSR count). The lowest BCUT2D eigenvalue weighted by molar-refractivity contribution is -0.138. The number of halogens is 2. The van der Waals surface area contributed by atoms with Crippen molar-refractivity contribution in [2.45, 2.75) is 49.3 Å². The summed E-state index contributed by atoms with van der Waals surface area (Å²) in [5.41, 5.74) is 0.616. The second-order valence-electron chi connectivity index (χ2n) is 5.67. The molecule has 9 heteroatoms. The van der Waals surface area contributed by atoms with Gasteiger partial charge in [-0.25, -0.2) is 21.9 Å². The van der Waals surface area contributed by atoms with Gasteiger partial charge in [-0.3, -0.25) is 9.78 Å². The van der Waals surface area contributed by atoms with E-state index in [2.05, 4.69) is 9.71 Å². The van der Waals surface area contributed by atoms with E-state index in [1.807, 2.05) is 0 Å². The van der Waals surface area contributed by atoms with Crippen LogP contribution in [0.4, 0.5) is 8.78 Å². The van der Waals surface area contributed by atoms with Gasteiger partial charge in [0, 0.05) is 25.2 Å². The van der Waals surface area contributed by atoms with Crippen molar-refractivity contribution in [3.63, 3.8) is 0 Å². The molecule has 1 unspecified atom stereocenters. The fourth-order valence-electron chi connectivity index (χ4n) is 2.55. The molecule has 6 nitrogen and oxygen atoms in total. The summed E-state index contributed by atoms with van der Waals surface area (Å²) in [6.07, 6.45) is 1.56. The molecule has 0 bridgehead atoms. The van der Waals surface area contributed by atoms with E-state index in [1.54, 1.807) is 12.1 Å². The summed E-state index contributed by atoms with van der Waals surface area (Å²) >= 11 is 0. The second-order valence-corrected chi connectivity index (χ2v) is 7.66. The van der Waals surface area contributed by atoms with Gasteiger partial charge in [0.2, 0.25) is 15.9 Å². The normalized spacial score (nSPS) is 20.1. The number of hydrogen-bond donors (Lipinski definition) is 2. The molecule has 1 fully saturated rings. The first kappa shape index (κ1) is 17.7. The first-order valence-corrected chi connectivity index (χ1v) is 8.75. The third-order valence-electron chi connectivity index (χ3n) is 3.90. The van der Waals surface area contributed by atoms with Crippen molar-refractivity contribution in [1.82, 2.24) is 9.71 Å². The molecule has 1 aromatic rings. The van der Waals surface area contributed by atoms with Crippen molar-refractivity contribution in [3.8, 4) is 0 Å². The third kappa shape index (κ3) is 4.93. The fourth-order valence-corrected chi connectivity index (χ4v) is 4.18. The average Bonchev–Trinajstić information content (AvgIpc) is 2.47. The van der Waals surface area contributed by atoms with Crippen LogP contribution in [0.25, 0.3) is 0 Å². The molecule has 0 aromatic carbocycles. The van der Waals surface area contributed by atoms with E-state index in [0.29, 0.717) is 5.56 Å². The summed E-state index contributed by atoms with van der Waals surface area (Å²) < 4.78 is 52.9. The number of alkyl halides is 2. The number of pyridine rings is 1. The van der Waals surface area contributed by atoms with Gasteiger partial charge in [-0.1, -0.05) is 0 Å². The number of carboxylic acids is 1. The number of aliphatic carboxylic acids is 1. The number of sulfonamides is 1. The molecule has 1 aliphatic carbocycles. The second kappa shape index (κ2) is 6.88. The highest BCUT2D eigenvalue weighted by Crippen LogP contribution is 2.35. The molecule has 1 saturated carbocycles. The van der Waals surface area contributed by atoms with Gasteiger partial charge in [0.15, 0.2) is 0 Å². The average molecular weight is 348 g/mol. The van der Waals surface area contributed by atoms with E-state index in [-0.39, 0.29) is 19.3 Å². The Kier molecular flexibility index (Phi) is 5.30. The van der Waals surface area contributed by atoms with E-state index in [4.69, 9.17) is 0 Å². The molecule has 128 valence electrons. The molecule has 2 N–H and O–H groups in total. The minimum atomic E-state index is -3.98. The van der Waals surface area contributed by atoms with Crippen molar-refractivity contribution in [1.29, 1.82) is 0 Å². The van der Waals surface area contributed by atoms with Crippen LogP contribution in [0, 0.1) is 0 Å². The molecule has 1 aliphatic rings. The van der Waals surface area contributed by atoms with Crippen molar-refractivity contribution in [2.24, 2.45) is 0 Å². The smallest absolute Gasteiger partial charge is 0.322 e. The standard InChI is InChI=1S/C14H18F2N2O4S/c15-14(16)5-1-11(2-6-14)23(21,22)18-12(13(19)20)9-10-3-7-17-8-4-10/h3-4,7-8,11-12,18H,1-2,5-6,9H2,(H,19,20). The highest BCUT2D eigenvalue weighted by atomic mass is 32.2. The largest absolute Gasteiger partial charge is 0.480 e. The molecular weight excluding hydrogens is 330 g/mol. The maximum absolute atomic E-state index is 13.1. The monoisotopic (exact) mass is 348 g/mol. The SMILES string of the molecule is O=C(O)C(Cc1ccncc1)NS(=O)(=O)C1CCC(F)(F)CC1. The van der Waals surface area contributed by atoms with E-state index in [9.17, 15) is 27.1 Å². The van der Waals surface area contributed by atoms with Gasteiger partial charge in [-0.05, 0) is 37.0 Å². The first-order chi connectivity index (χ1) is 10.7. The number of aromatic nitrogens is 1. The summed E-state index contributed by atoms with van der Waals surface area (Å²) in [6.45, 7) is 0. The van der Waals surface area contributed by atoms with Gasteiger partial charge in [0.1, 0.15) is 6.04 Å². The van der Waals surface area contributed by atoms with Crippen LogP contribution in [0.15, 0.2) is 24.5 Å². The van der Waals surface area contributed by atoms with E-state index in [1.165, 1.54) is 12.4 Å². The van der Waals surface area contributed by atoms with Crippen LogP contribution in [0.3, 0.4) is 0 Å². The molecule has 0 radical (unpaired) electrons. The van der Waals surface area contributed by atoms with E-state index >= 15 is 0 Å². The summed E-state index contributed by atoms with van der Waals surface area (Å²) in [4.78, 5) is 15.1. The molecule has 0 saturated heterocycles. The number of nitrogens with one attached hydrogen (secondary N) is 1. The Hall–Kier alpha value is -1.61. The van der Waals surface area contributed by atoms with Gasteiger partial charge in [0.25, 0.3) is 0 Å². The quantitative estimate of drug-likeness (QED) is 0.813. The molecule has 0 amide bonds. The highest BCUT2D eigenvalue weighted by Gasteiger charge is 2.40. The lowest BCUT2D eigenvalue weighted by Crippen LogP contribution is -2.47.